The molecule has 84 valence electrons. The molecule has 0 aliphatic rings. The summed E-state index contributed by atoms with van der Waals surface area (Å²) in [5.41, 5.74) is 0. The van der Waals surface area contributed by atoms with Crippen LogP contribution in [0.2, 0.25) is 0 Å². The molecule has 1 N–H and O–H groups in total. The van der Waals surface area contributed by atoms with Gasteiger partial charge in [-0.05, 0) is 0 Å². The Morgan fingerprint density at radius 2 is 2.47 bits per heavy atom. The van der Waals surface area contributed by atoms with Gasteiger partial charge in [-0.25, -0.2) is 4.98 Å². The monoisotopic (exact) mass is 212 g/mol. The first kappa shape index (κ1) is 11.6. The van der Waals surface area contributed by atoms with Crippen LogP contribution in [0.15, 0.2) is 6.33 Å². The van der Waals surface area contributed by atoms with Crippen molar-refractivity contribution in [2.75, 3.05) is 13.7 Å². The fraction of sp³-hybridized carbons (Fsp3) is 0.667. The number of aromatic nitrogens is 3. The second kappa shape index (κ2) is 5.45. The molecular weight excluding hydrogens is 196 g/mol. The summed E-state index contributed by atoms with van der Waals surface area (Å²) in [7, 11) is 3.20. The Hall–Kier alpha value is -1.43. The molecule has 6 heteroatoms. The summed E-state index contributed by atoms with van der Waals surface area (Å²) in [5.74, 6) is 0.352. The lowest BCUT2D eigenvalue weighted by molar-refractivity contribution is -0.144. The van der Waals surface area contributed by atoms with Gasteiger partial charge in [0.25, 0.3) is 0 Å². The fourth-order valence-corrected chi connectivity index (χ4v) is 1.15. The van der Waals surface area contributed by atoms with Crippen molar-refractivity contribution in [2.24, 2.45) is 13.0 Å². The van der Waals surface area contributed by atoms with Gasteiger partial charge in [0.15, 0.2) is 5.82 Å². The normalized spacial score (nSPS) is 12.5. The van der Waals surface area contributed by atoms with E-state index in [9.17, 15) is 4.79 Å². The average molecular weight is 212 g/mol. The molecule has 1 unspecified atom stereocenters. The van der Waals surface area contributed by atoms with E-state index in [1.165, 1.54) is 7.11 Å². The fourth-order valence-electron chi connectivity index (χ4n) is 1.15. The largest absolute Gasteiger partial charge is 0.469 e. The van der Waals surface area contributed by atoms with Crippen molar-refractivity contribution in [3.63, 3.8) is 0 Å². The molecule has 1 rings (SSSR count). The maximum atomic E-state index is 11.1. The highest BCUT2D eigenvalue weighted by Crippen LogP contribution is 1.96. The molecule has 0 saturated carbocycles. The van der Waals surface area contributed by atoms with Crippen molar-refractivity contribution < 1.29 is 9.53 Å². The molecule has 0 aliphatic carbocycles. The molecule has 0 radical (unpaired) electrons. The Labute approximate surface area is 88.6 Å². The van der Waals surface area contributed by atoms with E-state index in [1.807, 2.05) is 14.0 Å². The van der Waals surface area contributed by atoms with Crippen LogP contribution in [0, 0.1) is 5.92 Å². The number of ether oxygens (including phenoxy) is 1. The van der Waals surface area contributed by atoms with Gasteiger partial charge in [0.1, 0.15) is 6.33 Å². The van der Waals surface area contributed by atoms with E-state index in [0.29, 0.717) is 13.1 Å². The third kappa shape index (κ3) is 3.67. The van der Waals surface area contributed by atoms with Crippen LogP contribution in [-0.4, -0.2) is 34.4 Å². The van der Waals surface area contributed by atoms with E-state index in [0.717, 1.165) is 5.82 Å². The number of carbonyl (C=O) groups is 1. The number of rotatable bonds is 5. The molecule has 0 aromatic carbocycles. The van der Waals surface area contributed by atoms with Crippen molar-refractivity contribution >= 4 is 5.97 Å². The van der Waals surface area contributed by atoms with Gasteiger partial charge in [-0.15, -0.1) is 0 Å². The van der Waals surface area contributed by atoms with Gasteiger partial charge in [-0.2, -0.15) is 5.10 Å². The standard InChI is InChI=1S/C9H16N4O2/c1-7(9(14)15-3)4-10-5-8-11-6-13(2)12-8/h6-7,10H,4-5H2,1-3H3. The third-order valence-electron chi connectivity index (χ3n) is 1.98. The zero-order chi connectivity index (χ0) is 11.3. The first-order valence-electron chi connectivity index (χ1n) is 4.76. The van der Waals surface area contributed by atoms with Crippen LogP contribution in [0.5, 0.6) is 0 Å². The van der Waals surface area contributed by atoms with E-state index in [2.05, 4.69) is 20.1 Å². The number of nitrogens with one attached hydrogen (secondary N) is 1. The Morgan fingerprint density at radius 3 is 3.00 bits per heavy atom. The van der Waals surface area contributed by atoms with Gasteiger partial charge in [0.2, 0.25) is 0 Å². The van der Waals surface area contributed by atoms with Crippen LogP contribution >= 0.6 is 0 Å². The van der Waals surface area contributed by atoms with Crippen LogP contribution in [0.4, 0.5) is 0 Å². The zero-order valence-electron chi connectivity index (χ0n) is 9.23. The number of nitrogens with zero attached hydrogens (tertiary/aromatic N) is 3. The predicted molar refractivity (Wildman–Crippen MR) is 53.9 cm³/mol. The Balaban J connectivity index is 2.24. The first-order valence-corrected chi connectivity index (χ1v) is 4.76. The lowest BCUT2D eigenvalue weighted by Gasteiger charge is -2.08. The van der Waals surface area contributed by atoms with E-state index in [1.54, 1.807) is 11.0 Å². The van der Waals surface area contributed by atoms with Crippen LogP contribution in [0.3, 0.4) is 0 Å². The van der Waals surface area contributed by atoms with Gasteiger partial charge in [0, 0.05) is 13.6 Å². The van der Waals surface area contributed by atoms with E-state index >= 15 is 0 Å². The van der Waals surface area contributed by atoms with Gasteiger partial charge in [-0.1, -0.05) is 6.92 Å². The number of carbonyl (C=O) groups excluding carboxylic acids is 1. The summed E-state index contributed by atoms with van der Waals surface area (Å²) < 4.78 is 6.24. The van der Waals surface area contributed by atoms with Crippen molar-refractivity contribution in [3.05, 3.63) is 12.2 Å². The molecule has 1 aromatic heterocycles. The molecule has 0 bridgehead atoms. The maximum absolute atomic E-state index is 11.1. The summed E-state index contributed by atoms with van der Waals surface area (Å²) >= 11 is 0. The second-order valence-electron chi connectivity index (χ2n) is 3.39. The summed E-state index contributed by atoms with van der Waals surface area (Å²) in [4.78, 5) is 15.1. The van der Waals surface area contributed by atoms with Gasteiger partial charge < -0.3 is 10.1 Å². The smallest absolute Gasteiger partial charge is 0.309 e. The van der Waals surface area contributed by atoms with Crippen LogP contribution in [0.25, 0.3) is 0 Å². The summed E-state index contributed by atoms with van der Waals surface area (Å²) in [5, 5.41) is 7.19. The molecule has 15 heavy (non-hydrogen) atoms. The number of hydrogen-bond donors (Lipinski definition) is 1. The maximum Gasteiger partial charge on any atom is 0.309 e. The molecule has 0 spiro atoms. The first-order chi connectivity index (χ1) is 7.13. The molecule has 1 aromatic rings. The zero-order valence-corrected chi connectivity index (χ0v) is 9.23. The van der Waals surface area contributed by atoms with Crippen molar-refractivity contribution in [3.8, 4) is 0 Å². The molecule has 0 fully saturated rings. The molecule has 0 amide bonds. The molecular formula is C9H16N4O2. The number of aryl methyl sites for hydroxylation is 1. The Morgan fingerprint density at radius 1 is 1.73 bits per heavy atom. The van der Waals surface area contributed by atoms with Crippen LogP contribution < -0.4 is 5.32 Å². The predicted octanol–water partition coefficient (Wildman–Crippen LogP) is -0.286. The molecule has 6 nitrogen and oxygen atoms in total. The van der Waals surface area contributed by atoms with Crippen molar-refractivity contribution in [2.45, 2.75) is 13.5 Å². The highest BCUT2D eigenvalue weighted by atomic mass is 16.5. The minimum Gasteiger partial charge on any atom is -0.469 e. The minimum absolute atomic E-state index is 0.154. The highest BCUT2D eigenvalue weighted by Gasteiger charge is 2.12. The van der Waals surface area contributed by atoms with Gasteiger partial charge in [-0.3, -0.25) is 9.48 Å². The van der Waals surface area contributed by atoms with Gasteiger partial charge in [0.05, 0.1) is 19.6 Å². The van der Waals surface area contributed by atoms with Gasteiger partial charge >= 0.3 is 5.97 Å². The summed E-state index contributed by atoms with van der Waals surface area (Å²) in [6, 6.07) is 0. The number of esters is 1. The van der Waals surface area contributed by atoms with E-state index in [-0.39, 0.29) is 11.9 Å². The Bertz CT molecular complexity index is 324. The quantitative estimate of drug-likeness (QED) is 0.679. The molecule has 1 atom stereocenters. The van der Waals surface area contributed by atoms with E-state index in [4.69, 9.17) is 0 Å². The molecule has 0 aliphatic heterocycles. The Kier molecular flexibility index (Phi) is 4.23. The van der Waals surface area contributed by atoms with Crippen LogP contribution in [0.1, 0.15) is 12.7 Å². The number of hydrogen-bond acceptors (Lipinski definition) is 5. The third-order valence-corrected chi connectivity index (χ3v) is 1.98. The highest BCUT2D eigenvalue weighted by molar-refractivity contribution is 5.71. The second-order valence-corrected chi connectivity index (χ2v) is 3.39. The number of methoxy groups -OCH3 is 1. The molecule has 0 saturated heterocycles. The SMILES string of the molecule is COC(=O)C(C)CNCc1ncn(C)n1. The summed E-state index contributed by atoms with van der Waals surface area (Å²) in [6.07, 6.45) is 1.64. The van der Waals surface area contributed by atoms with Crippen molar-refractivity contribution in [1.82, 2.24) is 20.1 Å². The topological polar surface area (TPSA) is 69.0 Å². The lowest BCUT2D eigenvalue weighted by atomic mass is 10.2. The average Bonchev–Trinajstić information content (AvgIpc) is 2.63. The van der Waals surface area contributed by atoms with E-state index < -0.39 is 0 Å². The molecule has 1 heterocycles. The minimum atomic E-state index is -0.212. The van der Waals surface area contributed by atoms with Crippen molar-refractivity contribution in [1.29, 1.82) is 0 Å². The van der Waals surface area contributed by atoms with Crippen LogP contribution in [-0.2, 0) is 23.1 Å². The lowest BCUT2D eigenvalue weighted by Crippen LogP contribution is -2.27. The summed E-state index contributed by atoms with van der Waals surface area (Å²) in [6.45, 7) is 2.93.